The van der Waals surface area contributed by atoms with Crippen LogP contribution in [0.5, 0.6) is 0 Å². The van der Waals surface area contributed by atoms with Gasteiger partial charge in [0.2, 0.25) is 0 Å². The molecule has 14 heavy (non-hydrogen) atoms. The quantitative estimate of drug-likeness (QED) is 0.815. The van der Waals surface area contributed by atoms with Crippen molar-refractivity contribution in [1.82, 2.24) is 9.36 Å². The van der Waals surface area contributed by atoms with Crippen molar-refractivity contribution in [2.75, 3.05) is 0 Å². The number of pyridine rings is 1. The Morgan fingerprint density at radius 3 is 2.93 bits per heavy atom. The van der Waals surface area contributed by atoms with E-state index in [1.807, 2.05) is 6.07 Å². The number of aromatic nitrogens is 2. The second kappa shape index (κ2) is 3.55. The minimum atomic E-state index is -0.969. The number of carboxylic acids is 1. The monoisotopic (exact) mass is 206 g/mol. The van der Waals surface area contributed by atoms with E-state index in [9.17, 15) is 4.79 Å². The minimum absolute atomic E-state index is 0.191. The Hall–Kier alpha value is -1.75. The molecule has 5 heteroatoms. The number of rotatable bonds is 2. The Morgan fingerprint density at radius 2 is 2.29 bits per heavy atom. The Labute approximate surface area is 84.0 Å². The van der Waals surface area contributed by atoms with Crippen molar-refractivity contribution in [2.24, 2.45) is 0 Å². The van der Waals surface area contributed by atoms with E-state index in [1.54, 1.807) is 18.5 Å². The van der Waals surface area contributed by atoms with E-state index in [4.69, 9.17) is 5.11 Å². The molecule has 2 heterocycles. The largest absolute Gasteiger partial charge is 0.478 e. The topological polar surface area (TPSA) is 63.1 Å². The third kappa shape index (κ3) is 1.62. The SMILES string of the molecule is O=C(O)c1cncc(-c2ccns2)c1. The van der Waals surface area contributed by atoms with Crippen LogP contribution in [-0.4, -0.2) is 20.4 Å². The average Bonchev–Trinajstić information content (AvgIpc) is 2.71. The van der Waals surface area contributed by atoms with Crippen LogP contribution in [0.4, 0.5) is 0 Å². The fourth-order valence-corrected chi connectivity index (χ4v) is 1.63. The predicted molar refractivity (Wildman–Crippen MR) is 52.3 cm³/mol. The van der Waals surface area contributed by atoms with Crippen LogP contribution < -0.4 is 0 Å². The van der Waals surface area contributed by atoms with E-state index in [1.165, 1.54) is 17.7 Å². The summed E-state index contributed by atoms with van der Waals surface area (Å²) in [7, 11) is 0. The van der Waals surface area contributed by atoms with Crippen molar-refractivity contribution in [2.45, 2.75) is 0 Å². The van der Waals surface area contributed by atoms with Gasteiger partial charge in [-0.25, -0.2) is 9.17 Å². The van der Waals surface area contributed by atoms with Crippen LogP contribution in [0, 0.1) is 0 Å². The first-order valence-electron chi connectivity index (χ1n) is 3.87. The van der Waals surface area contributed by atoms with Gasteiger partial charge in [0, 0.05) is 24.2 Å². The van der Waals surface area contributed by atoms with Gasteiger partial charge in [-0.3, -0.25) is 4.98 Å². The highest BCUT2D eigenvalue weighted by molar-refractivity contribution is 7.09. The molecule has 0 aliphatic rings. The number of aromatic carboxylic acids is 1. The third-order valence-electron chi connectivity index (χ3n) is 1.71. The molecular formula is C9H6N2O2S. The van der Waals surface area contributed by atoms with Gasteiger partial charge in [-0.05, 0) is 23.7 Å². The number of nitrogens with zero attached hydrogens (tertiary/aromatic N) is 2. The maximum absolute atomic E-state index is 10.7. The predicted octanol–water partition coefficient (Wildman–Crippen LogP) is 1.90. The number of hydrogen-bond acceptors (Lipinski definition) is 4. The van der Waals surface area contributed by atoms with Crippen molar-refractivity contribution in [1.29, 1.82) is 0 Å². The lowest BCUT2D eigenvalue weighted by molar-refractivity contribution is 0.0696. The van der Waals surface area contributed by atoms with E-state index in [0.717, 1.165) is 10.4 Å². The van der Waals surface area contributed by atoms with Gasteiger partial charge in [-0.2, -0.15) is 0 Å². The zero-order chi connectivity index (χ0) is 9.97. The zero-order valence-electron chi connectivity index (χ0n) is 7.04. The van der Waals surface area contributed by atoms with Crippen LogP contribution in [0.15, 0.2) is 30.7 Å². The fraction of sp³-hybridized carbons (Fsp3) is 0. The standard InChI is InChI=1S/C9H6N2O2S/c12-9(13)7-3-6(4-10-5-7)8-1-2-11-14-8/h1-5H,(H,12,13). The summed E-state index contributed by atoms with van der Waals surface area (Å²) in [4.78, 5) is 15.4. The Bertz CT molecular complexity index is 454. The normalized spacial score (nSPS) is 10.0. The second-order valence-corrected chi connectivity index (χ2v) is 3.48. The van der Waals surface area contributed by atoms with Crippen molar-refractivity contribution in [3.63, 3.8) is 0 Å². The molecule has 0 bridgehead atoms. The van der Waals surface area contributed by atoms with Crippen molar-refractivity contribution in [3.05, 3.63) is 36.3 Å². The molecule has 70 valence electrons. The summed E-state index contributed by atoms with van der Waals surface area (Å²) < 4.78 is 3.94. The molecule has 2 aromatic heterocycles. The lowest BCUT2D eigenvalue weighted by Crippen LogP contribution is -1.96. The van der Waals surface area contributed by atoms with E-state index in [-0.39, 0.29) is 5.56 Å². The maximum atomic E-state index is 10.7. The minimum Gasteiger partial charge on any atom is -0.478 e. The van der Waals surface area contributed by atoms with Crippen molar-refractivity contribution >= 4 is 17.5 Å². The number of carbonyl (C=O) groups is 1. The molecule has 0 atom stereocenters. The summed E-state index contributed by atoms with van der Waals surface area (Å²) in [6.45, 7) is 0. The Kier molecular flexibility index (Phi) is 2.24. The summed E-state index contributed by atoms with van der Waals surface area (Å²) >= 11 is 1.31. The van der Waals surface area contributed by atoms with Crippen LogP contribution in [0.25, 0.3) is 10.4 Å². The molecule has 2 aromatic rings. The van der Waals surface area contributed by atoms with Gasteiger partial charge in [0.25, 0.3) is 0 Å². The molecule has 0 aromatic carbocycles. The van der Waals surface area contributed by atoms with Crippen molar-refractivity contribution in [3.8, 4) is 10.4 Å². The lowest BCUT2D eigenvalue weighted by atomic mass is 10.2. The summed E-state index contributed by atoms with van der Waals surface area (Å²) in [5.74, 6) is -0.969. The molecule has 0 aliphatic heterocycles. The molecule has 0 amide bonds. The molecule has 0 fully saturated rings. The molecule has 0 radical (unpaired) electrons. The molecule has 1 N–H and O–H groups in total. The summed E-state index contributed by atoms with van der Waals surface area (Å²) in [6, 6.07) is 3.41. The Balaban J connectivity index is 2.46. The molecule has 0 aliphatic carbocycles. The van der Waals surface area contributed by atoms with Gasteiger partial charge in [0.1, 0.15) is 0 Å². The van der Waals surface area contributed by atoms with E-state index >= 15 is 0 Å². The third-order valence-corrected chi connectivity index (χ3v) is 2.50. The first-order chi connectivity index (χ1) is 6.77. The highest BCUT2D eigenvalue weighted by atomic mass is 32.1. The molecule has 0 saturated carbocycles. The van der Waals surface area contributed by atoms with E-state index in [2.05, 4.69) is 9.36 Å². The summed E-state index contributed by atoms with van der Waals surface area (Å²) in [6.07, 6.45) is 4.63. The van der Waals surface area contributed by atoms with Gasteiger partial charge in [0.05, 0.1) is 10.4 Å². The fourth-order valence-electron chi connectivity index (χ4n) is 1.06. The van der Waals surface area contributed by atoms with Gasteiger partial charge in [0.15, 0.2) is 0 Å². The van der Waals surface area contributed by atoms with E-state index < -0.39 is 5.97 Å². The molecule has 0 unspecified atom stereocenters. The van der Waals surface area contributed by atoms with Crippen LogP contribution >= 0.6 is 11.5 Å². The highest BCUT2D eigenvalue weighted by Gasteiger charge is 2.06. The van der Waals surface area contributed by atoms with Gasteiger partial charge >= 0.3 is 5.97 Å². The zero-order valence-corrected chi connectivity index (χ0v) is 7.86. The molecule has 2 rings (SSSR count). The second-order valence-electron chi connectivity index (χ2n) is 2.64. The summed E-state index contributed by atoms with van der Waals surface area (Å²) in [5.41, 5.74) is 0.975. The highest BCUT2D eigenvalue weighted by Crippen LogP contribution is 2.22. The van der Waals surface area contributed by atoms with Gasteiger partial charge in [-0.15, -0.1) is 0 Å². The van der Waals surface area contributed by atoms with Gasteiger partial charge in [-0.1, -0.05) is 0 Å². The lowest BCUT2D eigenvalue weighted by Gasteiger charge is -1.97. The van der Waals surface area contributed by atoms with Crippen LogP contribution in [0.3, 0.4) is 0 Å². The van der Waals surface area contributed by atoms with Gasteiger partial charge < -0.3 is 5.11 Å². The molecule has 0 saturated heterocycles. The van der Waals surface area contributed by atoms with Crippen molar-refractivity contribution < 1.29 is 9.90 Å². The summed E-state index contributed by atoms with van der Waals surface area (Å²) in [5, 5.41) is 8.75. The maximum Gasteiger partial charge on any atom is 0.337 e. The smallest absolute Gasteiger partial charge is 0.337 e. The van der Waals surface area contributed by atoms with E-state index in [0.29, 0.717) is 0 Å². The number of hydrogen-bond donors (Lipinski definition) is 1. The van der Waals surface area contributed by atoms with Crippen LogP contribution in [0.2, 0.25) is 0 Å². The first-order valence-corrected chi connectivity index (χ1v) is 4.64. The molecular weight excluding hydrogens is 200 g/mol. The first kappa shape index (κ1) is 8.83. The molecule has 4 nitrogen and oxygen atoms in total. The molecule has 0 spiro atoms. The Morgan fingerprint density at radius 1 is 1.43 bits per heavy atom. The van der Waals surface area contributed by atoms with Crippen LogP contribution in [-0.2, 0) is 0 Å². The number of carboxylic acid groups (broad SMARTS) is 1. The average molecular weight is 206 g/mol. The van der Waals surface area contributed by atoms with Crippen LogP contribution in [0.1, 0.15) is 10.4 Å².